The first-order chi connectivity index (χ1) is 17.0. The molecule has 2 aliphatic rings. The molecule has 0 aliphatic heterocycles. The van der Waals surface area contributed by atoms with Crippen molar-refractivity contribution in [2.45, 2.75) is 116 Å². The lowest BCUT2D eigenvalue weighted by Gasteiger charge is -2.31. The average molecular weight is 530 g/mol. The van der Waals surface area contributed by atoms with Crippen LogP contribution < -0.4 is 10.6 Å². The van der Waals surface area contributed by atoms with E-state index in [1.54, 1.807) is 41.5 Å². The zero-order valence-corrected chi connectivity index (χ0v) is 23.7. The highest BCUT2D eigenvalue weighted by Gasteiger charge is 2.32. The highest BCUT2D eigenvalue weighted by atomic mass is 16.7. The Hall–Kier alpha value is -2.56. The first-order valence-corrected chi connectivity index (χ1v) is 13.0. The first kappa shape index (κ1) is 32.5. The molecule has 11 nitrogen and oxygen atoms in total. The summed E-state index contributed by atoms with van der Waals surface area (Å²) in [6.45, 7) is 10.6. The van der Waals surface area contributed by atoms with Crippen LogP contribution in [0.1, 0.15) is 92.9 Å². The summed E-state index contributed by atoms with van der Waals surface area (Å²) in [5.74, 6) is -0.344. The van der Waals surface area contributed by atoms with Crippen molar-refractivity contribution >= 4 is 24.1 Å². The van der Waals surface area contributed by atoms with Gasteiger partial charge in [0.15, 0.2) is 0 Å². The third-order valence-corrected chi connectivity index (χ3v) is 6.15. The number of alkyl carbamates (subject to hydrolysis) is 2. The number of hydrogen-bond donors (Lipinski definition) is 3. The Kier molecular flexibility index (Phi) is 12.6. The Morgan fingerprint density at radius 1 is 0.811 bits per heavy atom. The number of amides is 3. The van der Waals surface area contributed by atoms with Crippen molar-refractivity contribution in [2.24, 2.45) is 11.8 Å². The molecule has 0 saturated heterocycles. The van der Waals surface area contributed by atoms with Gasteiger partial charge in [-0.1, -0.05) is 38.5 Å². The predicted molar refractivity (Wildman–Crippen MR) is 138 cm³/mol. The molecule has 0 spiro atoms. The number of hydrogen-bond acceptors (Lipinski definition) is 7. The lowest BCUT2D eigenvalue weighted by atomic mass is 9.80. The lowest BCUT2D eigenvalue weighted by Crippen LogP contribution is -2.49. The molecular weight excluding hydrogens is 482 g/mol. The Bertz CT molecular complexity index is 767. The summed E-state index contributed by atoms with van der Waals surface area (Å²) in [5, 5.41) is 15.2. The van der Waals surface area contributed by atoms with Crippen molar-refractivity contribution in [3.8, 4) is 0 Å². The maximum atomic E-state index is 12.2. The number of carbonyl (C=O) groups is 4. The van der Waals surface area contributed by atoms with E-state index in [0.29, 0.717) is 24.7 Å². The molecule has 2 saturated carbocycles. The SMILES string of the molecule is CC(C)(C)OC(=O)NC(CC1CCC1)C(=O)O.CON(C)C(=O)C(CC1CCC1)NC(=O)OC(C)(C)C. The van der Waals surface area contributed by atoms with Crippen molar-refractivity contribution in [1.82, 2.24) is 15.7 Å². The summed E-state index contributed by atoms with van der Waals surface area (Å²) >= 11 is 0. The van der Waals surface area contributed by atoms with Crippen LogP contribution in [0, 0.1) is 11.8 Å². The lowest BCUT2D eigenvalue weighted by molar-refractivity contribution is -0.171. The van der Waals surface area contributed by atoms with E-state index in [2.05, 4.69) is 10.6 Å². The van der Waals surface area contributed by atoms with E-state index in [0.717, 1.165) is 37.2 Å². The van der Waals surface area contributed by atoms with Crippen molar-refractivity contribution in [1.29, 1.82) is 0 Å². The molecule has 2 atom stereocenters. The van der Waals surface area contributed by atoms with Crippen LogP contribution in [-0.4, -0.2) is 71.7 Å². The second kappa shape index (κ2) is 14.4. The zero-order chi connectivity index (χ0) is 28.4. The van der Waals surface area contributed by atoms with Crippen molar-refractivity contribution in [2.75, 3.05) is 14.2 Å². The minimum atomic E-state index is -0.997. The highest BCUT2D eigenvalue weighted by molar-refractivity contribution is 5.85. The number of aliphatic carboxylic acids is 1. The predicted octanol–water partition coefficient (Wildman–Crippen LogP) is 4.24. The minimum absolute atomic E-state index is 0.259. The second-order valence-corrected chi connectivity index (χ2v) is 11.8. The number of ether oxygens (including phenoxy) is 2. The fourth-order valence-electron chi connectivity index (χ4n) is 3.78. The largest absolute Gasteiger partial charge is 0.480 e. The van der Waals surface area contributed by atoms with Crippen LogP contribution >= 0.6 is 0 Å². The van der Waals surface area contributed by atoms with E-state index in [1.807, 2.05) is 0 Å². The van der Waals surface area contributed by atoms with Crippen LogP contribution in [0.25, 0.3) is 0 Å². The molecule has 214 valence electrons. The second-order valence-electron chi connectivity index (χ2n) is 11.8. The average Bonchev–Trinajstić information content (AvgIpc) is 2.67. The van der Waals surface area contributed by atoms with E-state index in [4.69, 9.17) is 19.4 Å². The van der Waals surface area contributed by atoms with Gasteiger partial charge in [-0.3, -0.25) is 9.63 Å². The first-order valence-electron chi connectivity index (χ1n) is 13.0. The molecule has 2 aliphatic carbocycles. The van der Waals surface area contributed by atoms with Crippen LogP contribution in [0.3, 0.4) is 0 Å². The molecule has 0 aromatic heterocycles. The van der Waals surface area contributed by atoms with E-state index in [-0.39, 0.29) is 5.91 Å². The fourth-order valence-corrected chi connectivity index (χ4v) is 3.78. The Labute approximate surface area is 220 Å². The standard InChI is InChI=1S/C14H26N2O4.C12H21NO4/c1-14(2,3)20-13(18)15-11(9-10-7-6-8-10)12(17)16(4)19-5;1-12(2,3)17-11(16)13-9(10(14)15)7-8-5-4-6-8/h10-11H,6-9H2,1-5H3,(H,15,18);8-9H,4-7H2,1-3H3,(H,13,16)(H,14,15). The number of nitrogens with zero attached hydrogens (tertiary/aromatic N) is 1. The van der Waals surface area contributed by atoms with E-state index in [1.165, 1.54) is 20.6 Å². The summed E-state index contributed by atoms with van der Waals surface area (Å²) in [6, 6.07) is -1.43. The molecule has 3 N–H and O–H groups in total. The van der Waals surface area contributed by atoms with E-state index >= 15 is 0 Å². The Morgan fingerprint density at radius 2 is 1.19 bits per heavy atom. The summed E-state index contributed by atoms with van der Waals surface area (Å²) < 4.78 is 10.2. The maximum Gasteiger partial charge on any atom is 0.408 e. The van der Waals surface area contributed by atoms with Gasteiger partial charge in [-0.15, -0.1) is 0 Å². The van der Waals surface area contributed by atoms with Gasteiger partial charge in [0, 0.05) is 7.05 Å². The third-order valence-electron chi connectivity index (χ3n) is 6.15. The van der Waals surface area contributed by atoms with E-state index in [9.17, 15) is 19.2 Å². The van der Waals surface area contributed by atoms with Crippen molar-refractivity contribution in [3.05, 3.63) is 0 Å². The van der Waals surface area contributed by atoms with Gasteiger partial charge in [-0.25, -0.2) is 19.4 Å². The summed E-state index contributed by atoms with van der Waals surface area (Å²) in [4.78, 5) is 51.4. The molecule has 2 rings (SSSR count). The van der Waals surface area contributed by atoms with Gasteiger partial charge in [0.2, 0.25) is 0 Å². The van der Waals surface area contributed by atoms with Gasteiger partial charge in [-0.2, -0.15) is 0 Å². The molecular formula is C26H47N3O8. The molecule has 37 heavy (non-hydrogen) atoms. The third kappa shape index (κ3) is 13.5. The van der Waals surface area contributed by atoms with Crippen LogP contribution in [0.15, 0.2) is 0 Å². The maximum absolute atomic E-state index is 12.2. The molecule has 0 heterocycles. The molecule has 3 amide bonds. The number of hydroxylamine groups is 2. The van der Waals surface area contributed by atoms with Gasteiger partial charge in [0.05, 0.1) is 7.11 Å². The van der Waals surface area contributed by atoms with Gasteiger partial charge in [-0.05, 0) is 66.2 Å². The minimum Gasteiger partial charge on any atom is -0.480 e. The summed E-state index contributed by atoms with van der Waals surface area (Å²) in [7, 11) is 2.96. The number of carbonyl (C=O) groups excluding carboxylic acids is 3. The van der Waals surface area contributed by atoms with Gasteiger partial charge >= 0.3 is 18.2 Å². The normalized spacial score (nSPS) is 17.5. The molecule has 0 aromatic carbocycles. The Morgan fingerprint density at radius 3 is 1.49 bits per heavy atom. The van der Waals surface area contributed by atoms with Crippen molar-refractivity contribution < 1.29 is 38.6 Å². The van der Waals surface area contributed by atoms with Gasteiger partial charge in [0.25, 0.3) is 5.91 Å². The fraction of sp³-hybridized carbons (Fsp3) is 0.846. The number of carboxylic acid groups (broad SMARTS) is 1. The Balaban J connectivity index is 0.000000375. The van der Waals surface area contributed by atoms with Crippen LogP contribution in [0.2, 0.25) is 0 Å². The molecule has 0 radical (unpaired) electrons. The molecule has 2 unspecified atom stereocenters. The highest BCUT2D eigenvalue weighted by Crippen LogP contribution is 2.31. The van der Waals surface area contributed by atoms with Gasteiger partial charge in [0.1, 0.15) is 23.3 Å². The van der Waals surface area contributed by atoms with Crippen LogP contribution in [-0.2, 0) is 23.9 Å². The molecule has 2 fully saturated rings. The number of likely N-dealkylation sites (N-methyl/N-ethyl adjacent to an activating group) is 1. The topological polar surface area (TPSA) is 143 Å². The number of nitrogens with one attached hydrogen (secondary N) is 2. The summed E-state index contributed by atoms with van der Waals surface area (Å²) in [5.41, 5.74) is -1.19. The molecule has 0 aromatic rings. The van der Waals surface area contributed by atoms with Crippen LogP contribution in [0.5, 0.6) is 0 Å². The quantitative estimate of drug-likeness (QED) is 0.376. The number of rotatable bonds is 9. The monoisotopic (exact) mass is 529 g/mol. The smallest absolute Gasteiger partial charge is 0.408 e. The summed E-state index contributed by atoms with van der Waals surface area (Å²) in [6.07, 6.45) is 6.57. The van der Waals surface area contributed by atoms with Crippen molar-refractivity contribution in [3.63, 3.8) is 0 Å². The zero-order valence-electron chi connectivity index (χ0n) is 23.7. The van der Waals surface area contributed by atoms with E-state index < -0.39 is 41.4 Å². The van der Waals surface area contributed by atoms with Gasteiger partial charge < -0.3 is 25.2 Å². The van der Waals surface area contributed by atoms with Crippen LogP contribution in [0.4, 0.5) is 9.59 Å². The number of carboxylic acids is 1. The molecule has 11 heteroatoms. The molecule has 0 bridgehead atoms.